The van der Waals surface area contributed by atoms with Crippen molar-refractivity contribution < 1.29 is 13.9 Å². The van der Waals surface area contributed by atoms with E-state index in [1.54, 1.807) is 6.07 Å². The van der Waals surface area contributed by atoms with Crippen LogP contribution in [0.5, 0.6) is 5.75 Å². The first-order valence-corrected chi connectivity index (χ1v) is 7.21. The molecule has 1 saturated heterocycles. The van der Waals surface area contributed by atoms with Crippen LogP contribution in [0.3, 0.4) is 0 Å². The Kier molecular flexibility index (Phi) is 5.01. The minimum atomic E-state index is -0.309. The summed E-state index contributed by atoms with van der Waals surface area (Å²) in [5, 5.41) is 0. The largest absolute Gasteiger partial charge is 0.494 e. The smallest absolute Gasteiger partial charge is 0.165 e. The Balaban J connectivity index is 1.91. The van der Waals surface area contributed by atoms with Crippen molar-refractivity contribution in [3.63, 3.8) is 0 Å². The fraction of sp³-hybridized carbons (Fsp3) is 0.571. The van der Waals surface area contributed by atoms with Gasteiger partial charge in [0.05, 0.1) is 13.2 Å². The van der Waals surface area contributed by atoms with Crippen LogP contribution in [0.25, 0.3) is 0 Å². The second-order valence-corrected chi connectivity index (χ2v) is 5.68. The third-order valence-electron chi connectivity index (χ3n) is 3.30. The Morgan fingerprint density at radius 1 is 1.56 bits per heavy atom. The molecule has 18 heavy (non-hydrogen) atoms. The lowest BCUT2D eigenvalue weighted by molar-refractivity contribution is 0.102. The van der Waals surface area contributed by atoms with E-state index in [0.29, 0.717) is 6.10 Å². The number of benzene rings is 1. The lowest BCUT2D eigenvalue weighted by Gasteiger charge is -2.14. The number of rotatable bonds is 5. The first-order valence-electron chi connectivity index (χ1n) is 6.30. The van der Waals surface area contributed by atoms with E-state index >= 15 is 0 Å². The van der Waals surface area contributed by atoms with Gasteiger partial charge in [0.2, 0.25) is 0 Å². The van der Waals surface area contributed by atoms with Gasteiger partial charge in [-0.1, -0.05) is 22.0 Å². The van der Waals surface area contributed by atoms with E-state index in [-0.39, 0.29) is 16.4 Å². The molecule has 4 heteroatoms. The van der Waals surface area contributed by atoms with Crippen molar-refractivity contribution in [1.82, 2.24) is 0 Å². The number of alkyl halides is 1. The fourth-order valence-corrected chi connectivity index (χ4v) is 2.80. The third kappa shape index (κ3) is 3.45. The Bertz CT molecular complexity index is 391. The average molecular weight is 317 g/mol. The SMILES string of the molecule is COc1ccc(C(Br)CCC2CCCO2)cc1F. The van der Waals surface area contributed by atoms with Crippen LogP contribution in [-0.4, -0.2) is 19.8 Å². The van der Waals surface area contributed by atoms with Gasteiger partial charge in [-0.15, -0.1) is 0 Å². The lowest BCUT2D eigenvalue weighted by Crippen LogP contribution is -2.06. The molecular formula is C14H18BrFO2. The average Bonchev–Trinajstić information content (AvgIpc) is 2.89. The molecule has 0 aliphatic carbocycles. The minimum Gasteiger partial charge on any atom is -0.494 e. The molecule has 0 amide bonds. The van der Waals surface area contributed by atoms with Crippen LogP contribution >= 0.6 is 15.9 Å². The maximum absolute atomic E-state index is 13.6. The predicted molar refractivity (Wildman–Crippen MR) is 72.8 cm³/mol. The fourth-order valence-electron chi connectivity index (χ4n) is 2.25. The van der Waals surface area contributed by atoms with Crippen LogP contribution in [0.4, 0.5) is 4.39 Å². The van der Waals surface area contributed by atoms with Crippen molar-refractivity contribution in [1.29, 1.82) is 0 Å². The molecule has 2 rings (SSSR count). The van der Waals surface area contributed by atoms with Gasteiger partial charge < -0.3 is 9.47 Å². The van der Waals surface area contributed by atoms with Gasteiger partial charge in [-0.3, -0.25) is 0 Å². The number of halogens is 2. The third-order valence-corrected chi connectivity index (χ3v) is 4.29. The number of methoxy groups -OCH3 is 1. The Morgan fingerprint density at radius 3 is 3.00 bits per heavy atom. The summed E-state index contributed by atoms with van der Waals surface area (Å²) >= 11 is 3.61. The highest BCUT2D eigenvalue weighted by molar-refractivity contribution is 9.09. The molecule has 1 aromatic rings. The maximum atomic E-state index is 13.6. The van der Waals surface area contributed by atoms with Gasteiger partial charge in [-0.2, -0.15) is 0 Å². The molecule has 0 spiro atoms. The molecule has 1 heterocycles. The van der Waals surface area contributed by atoms with Gasteiger partial charge in [-0.05, 0) is 43.4 Å². The van der Waals surface area contributed by atoms with Gasteiger partial charge in [-0.25, -0.2) is 4.39 Å². The molecule has 0 saturated carbocycles. The van der Waals surface area contributed by atoms with Crippen LogP contribution < -0.4 is 4.74 Å². The molecule has 1 aromatic carbocycles. The van der Waals surface area contributed by atoms with Crippen molar-refractivity contribution in [2.24, 2.45) is 0 Å². The number of hydrogen-bond donors (Lipinski definition) is 0. The number of hydrogen-bond acceptors (Lipinski definition) is 2. The van der Waals surface area contributed by atoms with Crippen LogP contribution in [0.1, 0.15) is 36.1 Å². The van der Waals surface area contributed by atoms with Gasteiger partial charge in [0, 0.05) is 11.4 Å². The van der Waals surface area contributed by atoms with Crippen molar-refractivity contribution in [3.8, 4) is 5.75 Å². The molecule has 0 aromatic heterocycles. The molecular weight excluding hydrogens is 299 g/mol. The molecule has 0 bridgehead atoms. The quantitative estimate of drug-likeness (QED) is 0.757. The van der Waals surface area contributed by atoms with Gasteiger partial charge in [0.1, 0.15) is 0 Å². The zero-order valence-corrected chi connectivity index (χ0v) is 12.1. The first kappa shape index (κ1) is 13.8. The van der Waals surface area contributed by atoms with Crippen LogP contribution in [0.15, 0.2) is 18.2 Å². The highest BCUT2D eigenvalue weighted by Crippen LogP contribution is 2.32. The van der Waals surface area contributed by atoms with E-state index < -0.39 is 0 Å². The summed E-state index contributed by atoms with van der Waals surface area (Å²) in [4.78, 5) is 0.169. The summed E-state index contributed by atoms with van der Waals surface area (Å²) in [7, 11) is 1.47. The van der Waals surface area contributed by atoms with E-state index in [9.17, 15) is 4.39 Å². The van der Waals surface area contributed by atoms with E-state index in [1.807, 2.05) is 6.07 Å². The molecule has 1 aliphatic rings. The Morgan fingerprint density at radius 2 is 2.39 bits per heavy atom. The molecule has 2 unspecified atom stereocenters. The summed E-state index contributed by atoms with van der Waals surface area (Å²) < 4.78 is 24.1. The lowest BCUT2D eigenvalue weighted by atomic mass is 10.0. The van der Waals surface area contributed by atoms with Gasteiger partial charge >= 0.3 is 0 Å². The summed E-state index contributed by atoms with van der Waals surface area (Å²) in [5.74, 6) is -0.0193. The van der Waals surface area contributed by atoms with Crippen LogP contribution in [0, 0.1) is 5.82 Å². The van der Waals surface area contributed by atoms with Crippen molar-refractivity contribution in [2.75, 3.05) is 13.7 Å². The molecule has 0 N–H and O–H groups in total. The van der Waals surface area contributed by atoms with E-state index in [1.165, 1.54) is 13.2 Å². The van der Waals surface area contributed by atoms with Crippen LogP contribution in [-0.2, 0) is 4.74 Å². The molecule has 2 atom stereocenters. The molecule has 1 fully saturated rings. The topological polar surface area (TPSA) is 18.5 Å². The molecule has 2 nitrogen and oxygen atoms in total. The van der Waals surface area contributed by atoms with Crippen molar-refractivity contribution in [3.05, 3.63) is 29.6 Å². The highest BCUT2D eigenvalue weighted by atomic mass is 79.9. The minimum absolute atomic E-state index is 0.169. The second-order valence-electron chi connectivity index (χ2n) is 4.57. The second kappa shape index (κ2) is 6.53. The standard InChI is InChI=1S/C14H18BrFO2/c1-17-14-7-4-10(9-13(14)16)12(15)6-5-11-3-2-8-18-11/h4,7,9,11-12H,2-3,5-6,8H2,1H3. The maximum Gasteiger partial charge on any atom is 0.165 e. The summed E-state index contributed by atoms with van der Waals surface area (Å²) in [6, 6.07) is 5.11. The van der Waals surface area contributed by atoms with E-state index in [0.717, 1.165) is 37.9 Å². The monoisotopic (exact) mass is 316 g/mol. The predicted octanol–water partition coefficient (Wildman–Crippen LogP) is 4.23. The number of ether oxygens (including phenoxy) is 2. The highest BCUT2D eigenvalue weighted by Gasteiger charge is 2.18. The van der Waals surface area contributed by atoms with Crippen molar-refractivity contribution in [2.45, 2.75) is 36.6 Å². The van der Waals surface area contributed by atoms with Gasteiger partial charge in [0.15, 0.2) is 11.6 Å². The Hall–Kier alpha value is -0.610. The zero-order chi connectivity index (χ0) is 13.0. The van der Waals surface area contributed by atoms with Crippen molar-refractivity contribution >= 4 is 15.9 Å². The normalized spacial score (nSPS) is 20.9. The Labute approximate surface area is 116 Å². The van der Waals surface area contributed by atoms with E-state index in [4.69, 9.17) is 9.47 Å². The summed E-state index contributed by atoms with van der Waals surface area (Å²) in [5.41, 5.74) is 0.950. The van der Waals surface area contributed by atoms with Crippen LogP contribution in [0.2, 0.25) is 0 Å². The summed E-state index contributed by atoms with van der Waals surface area (Å²) in [6.45, 7) is 0.884. The summed E-state index contributed by atoms with van der Waals surface area (Å²) in [6.07, 6.45) is 4.67. The zero-order valence-electron chi connectivity index (χ0n) is 10.5. The first-order chi connectivity index (χ1) is 8.70. The van der Waals surface area contributed by atoms with Gasteiger partial charge in [0.25, 0.3) is 0 Å². The molecule has 100 valence electrons. The molecule has 0 radical (unpaired) electrons. The van der Waals surface area contributed by atoms with E-state index in [2.05, 4.69) is 15.9 Å². The molecule has 1 aliphatic heterocycles.